The van der Waals surface area contributed by atoms with Gasteiger partial charge in [0.05, 0.1) is 13.2 Å². The third-order valence-corrected chi connectivity index (χ3v) is 7.40. The van der Waals surface area contributed by atoms with Crippen LogP contribution in [0.15, 0.2) is 18.3 Å². The van der Waals surface area contributed by atoms with E-state index in [1.807, 2.05) is 6.26 Å². The molecule has 4 saturated carbocycles. The lowest BCUT2D eigenvalue weighted by atomic mass is 9.81. The summed E-state index contributed by atoms with van der Waals surface area (Å²) in [5.74, 6) is 1.38. The average Bonchev–Trinajstić information content (AvgIpc) is 3.33. The highest BCUT2D eigenvalue weighted by Crippen LogP contribution is 2.96. The Morgan fingerprint density at radius 3 is 2.85 bits per heavy atom. The summed E-state index contributed by atoms with van der Waals surface area (Å²) in [5, 5.41) is 0. The van der Waals surface area contributed by atoms with E-state index in [1.54, 1.807) is 6.08 Å². The smallest absolute Gasteiger partial charge is 0.387 e. The number of thioether (sulfide) groups is 1. The Kier molecular flexibility index (Phi) is 3.30. The molecule has 0 radical (unpaired) electrons. The van der Waals surface area contributed by atoms with Crippen LogP contribution >= 0.6 is 11.8 Å². The zero-order valence-electron chi connectivity index (χ0n) is 14.1. The second-order valence-corrected chi connectivity index (χ2v) is 8.51. The number of rotatable bonds is 6. The first kappa shape index (κ1) is 16.5. The standard InChI is InChI=1S/C18H18F2N2O3S/c1-26-11(8-2-10(25-16(19)20)15(21)22-5-8)3-12(23)18-9-4-17(6-24-7-17)14(18)13(9)18/h2-3,5,9,13-14,16H,4,6-7H2,1H3,(H2,21,22)/b11-3+. The molecule has 2 heterocycles. The number of alkyl halides is 2. The summed E-state index contributed by atoms with van der Waals surface area (Å²) in [6, 6.07) is 1.41. The highest BCUT2D eigenvalue weighted by molar-refractivity contribution is 8.07. The molecule has 1 spiro atoms. The lowest BCUT2D eigenvalue weighted by molar-refractivity contribution is -0.126. The summed E-state index contributed by atoms with van der Waals surface area (Å²) in [6.45, 7) is -1.41. The lowest BCUT2D eigenvalue weighted by Gasteiger charge is -2.38. The van der Waals surface area contributed by atoms with E-state index in [9.17, 15) is 13.6 Å². The molecule has 6 rings (SSSR count). The molecule has 0 amide bonds. The van der Waals surface area contributed by atoms with E-state index in [0.29, 0.717) is 28.2 Å². The maximum absolute atomic E-state index is 13.0. The Morgan fingerprint density at radius 1 is 1.54 bits per heavy atom. The van der Waals surface area contributed by atoms with Crippen molar-refractivity contribution < 1.29 is 23.0 Å². The molecule has 5 fully saturated rings. The first-order chi connectivity index (χ1) is 12.4. The molecule has 4 atom stereocenters. The van der Waals surface area contributed by atoms with Gasteiger partial charge in [0.15, 0.2) is 17.4 Å². The summed E-state index contributed by atoms with van der Waals surface area (Å²) in [4.78, 5) is 17.6. The number of nitrogen functional groups attached to an aromatic ring is 1. The molecule has 1 aromatic rings. The molecule has 5 aliphatic rings. The van der Waals surface area contributed by atoms with Crippen LogP contribution < -0.4 is 10.5 Å². The predicted molar refractivity (Wildman–Crippen MR) is 92.6 cm³/mol. The van der Waals surface area contributed by atoms with Crippen LogP contribution in [0.25, 0.3) is 4.91 Å². The number of nitrogens with zero attached hydrogens (tertiary/aromatic N) is 1. The SMILES string of the molecule is CS/C(=C/C(=O)C12C3CC4(COC4)C1C32)c1cnc(N)c(OC(F)F)c1. The fourth-order valence-corrected chi connectivity index (χ4v) is 6.06. The van der Waals surface area contributed by atoms with E-state index in [0.717, 1.165) is 19.6 Å². The molecule has 26 heavy (non-hydrogen) atoms. The van der Waals surface area contributed by atoms with Crippen LogP contribution in [0.2, 0.25) is 0 Å². The zero-order chi connectivity index (χ0) is 18.3. The number of ether oxygens (including phenoxy) is 2. The van der Waals surface area contributed by atoms with Crippen LogP contribution in [0, 0.1) is 28.6 Å². The van der Waals surface area contributed by atoms with Crippen molar-refractivity contribution in [2.24, 2.45) is 28.6 Å². The number of ketones is 1. The summed E-state index contributed by atoms with van der Waals surface area (Å²) < 4.78 is 34.8. The fraction of sp³-hybridized carbons (Fsp3) is 0.556. The van der Waals surface area contributed by atoms with E-state index < -0.39 is 6.61 Å². The predicted octanol–water partition coefficient (Wildman–Crippen LogP) is 2.82. The quantitative estimate of drug-likeness (QED) is 0.765. The Morgan fingerprint density at radius 2 is 2.31 bits per heavy atom. The minimum Gasteiger partial charge on any atom is -0.431 e. The van der Waals surface area contributed by atoms with Crippen LogP contribution in [0.5, 0.6) is 5.75 Å². The first-order valence-corrected chi connectivity index (χ1v) is 9.75. The molecule has 4 unspecified atom stereocenters. The normalized spacial score (nSPS) is 35.2. The number of hydrogen-bond acceptors (Lipinski definition) is 6. The molecular formula is C18H18F2N2O3S. The number of nitrogens with two attached hydrogens (primary N) is 1. The molecule has 2 N–H and O–H groups in total. The average molecular weight is 380 g/mol. The number of hydrogen-bond donors (Lipinski definition) is 1. The molecule has 5 nitrogen and oxygen atoms in total. The molecule has 1 aromatic heterocycles. The van der Waals surface area contributed by atoms with Gasteiger partial charge in [-0.15, -0.1) is 11.8 Å². The van der Waals surface area contributed by atoms with Crippen LogP contribution in [0.3, 0.4) is 0 Å². The van der Waals surface area contributed by atoms with Crippen molar-refractivity contribution in [1.82, 2.24) is 4.98 Å². The maximum atomic E-state index is 13.0. The number of aromatic nitrogens is 1. The molecule has 8 heteroatoms. The van der Waals surface area contributed by atoms with Crippen LogP contribution in [-0.4, -0.2) is 36.8 Å². The molecule has 0 aromatic carbocycles. The summed E-state index contributed by atoms with van der Waals surface area (Å²) in [5.41, 5.74) is 6.22. The number of anilines is 1. The van der Waals surface area contributed by atoms with Gasteiger partial charge >= 0.3 is 6.61 Å². The van der Waals surface area contributed by atoms with Gasteiger partial charge in [0.1, 0.15) is 0 Å². The van der Waals surface area contributed by atoms with Gasteiger partial charge in [0.25, 0.3) is 0 Å². The fourth-order valence-electron chi connectivity index (χ4n) is 5.49. The molecule has 1 aliphatic heterocycles. The Balaban J connectivity index is 1.40. The Hall–Kier alpha value is -1.67. The number of carbonyl (C=O) groups excluding carboxylic acids is 1. The van der Waals surface area contributed by atoms with Crippen molar-refractivity contribution in [1.29, 1.82) is 0 Å². The van der Waals surface area contributed by atoms with E-state index in [1.165, 1.54) is 24.0 Å². The molecule has 2 bridgehead atoms. The topological polar surface area (TPSA) is 74.4 Å². The monoisotopic (exact) mass is 380 g/mol. The van der Waals surface area contributed by atoms with Crippen molar-refractivity contribution in [3.8, 4) is 5.75 Å². The zero-order valence-corrected chi connectivity index (χ0v) is 14.9. The van der Waals surface area contributed by atoms with Crippen LogP contribution in [-0.2, 0) is 9.53 Å². The van der Waals surface area contributed by atoms with E-state index in [-0.39, 0.29) is 28.2 Å². The van der Waals surface area contributed by atoms with Crippen molar-refractivity contribution in [2.45, 2.75) is 13.0 Å². The van der Waals surface area contributed by atoms with Crippen LogP contribution in [0.1, 0.15) is 12.0 Å². The number of pyridine rings is 1. The van der Waals surface area contributed by atoms with Crippen molar-refractivity contribution in [2.75, 3.05) is 25.2 Å². The number of carbonyl (C=O) groups is 1. The van der Waals surface area contributed by atoms with Crippen LogP contribution in [0.4, 0.5) is 14.6 Å². The third kappa shape index (κ3) is 1.94. The lowest BCUT2D eigenvalue weighted by Crippen LogP contribution is -2.42. The van der Waals surface area contributed by atoms with Gasteiger partial charge in [0, 0.05) is 27.5 Å². The van der Waals surface area contributed by atoms with Gasteiger partial charge in [-0.05, 0) is 42.6 Å². The minimum absolute atomic E-state index is 0.103. The molecule has 1 saturated heterocycles. The Labute approximate surface area is 153 Å². The molecule has 138 valence electrons. The first-order valence-electron chi connectivity index (χ1n) is 8.52. The van der Waals surface area contributed by atoms with Gasteiger partial charge < -0.3 is 15.2 Å². The largest absolute Gasteiger partial charge is 0.431 e. The number of halogens is 2. The van der Waals surface area contributed by atoms with E-state index in [4.69, 9.17) is 10.5 Å². The summed E-state index contributed by atoms with van der Waals surface area (Å²) >= 11 is 1.38. The third-order valence-electron chi connectivity index (χ3n) is 6.61. The number of allylic oxidation sites excluding steroid dienone is 1. The second kappa shape index (κ2) is 5.19. The highest BCUT2D eigenvalue weighted by atomic mass is 32.2. The van der Waals surface area contributed by atoms with Crippen molar-refractivity contribution in [3.63, 3.8) is 0 Å². The Bertz CT molecular complexity index is 836. The summed E-state index contributed by atoms with van der Waals surface area (Å²) in [7, 11) is 0. The summed E-state index contributed by atoms with van der Waals surface area (Å²) in [6.07, 6.45) is 6.07. The van der Waals surface area contributed by atoms with Gasteiger partial charge in [-0.3, -0.25) is 4.79 Å². The van der Waals surface area contributed by atoms with E-state index in [2.05, 4.69) is 9.72 Å². The minimum atomic E-state index is -2.98. The maximum Gasteiger partial charge on any atom is 0.387 e. The second-order valence-electron chi connectivity index (χ2n) is 7.67. The van der Waals surface area contributed by atoms with E-state index >= 15 is 0 Å². The highest BCUT2D eigenvalue weighted by Gasteiger charge is 2.98. The van der Waals surface area contributed by atoms with Crippen molar-refractivity contribution in [3.05, 3.63) is 23.9 Å². The molecular weight excluding hydrogens is 362 g/mol. The van der Waals surface area contributed by atoms with Gasteiger partial charge in [-0.2, -0.15) is 8.78 Å². The molecule has 4 aliphatic carbocycles. The van der Waals surface area contributed by atoms with Gasteiger partial charge in [-0.1, -0.05) is 0 Å². The van der Waals surface area contributed by atoms with Crippen molar-refractivity contribution >= 4 is 28.3 Å². The van der Waals surface area contributed by atoms with Gasteiger partial charge in [-0.25, -0.2) is 4.98 Å². The van der Waals surface area contributed by atoms with Gasteiger partial charge in [0.2, 0.25) is 0 Å².